The van der Waals surface area contributed by atoms with Gasteiger partial charge in [0.05, 0.1) is 16.5 Å². The summed E-state index contributed by atoms with van der Waals surface area (Å²) in [5, 5.41) is 8.78. The van der Waals surface area contributed by atoms with E-state index in [-0.39, 0.29) is 0 Å². The van der Waals surface area contributed by atoms with Crippen LogP contribution in [0.3, 0.4) is 0 Å². The predicted octanol–water partition coefficient (Wildman–Crippen LogP) is 1.90. The second-order valence-electron chi connectivity index (χ2n) is 4.82. The summed E-state index contributed by atoms with van der Waals surface area (Å²) >= 11 is 0. The molecule has 0 radical (unpaired) electrons. The number of nitrogens with zero attached hydrogens (tertiary/aromatic N) is 2. The van der Waals surface area contributed by atoms with Crippen LogP contribution in [0.2, 0.25) is 0 Å². The summed E-state index contributed by atoms with van der Waals surface area (Å²) in [6, 6.07) is 6.69. The highest BCUT2D eigenvalue weighted by Gasteiger charge is 2.29. The lowest BCUT2D eigenvalue weighted by molar-refractivity contribution is 0.452. The van der Waals surface area contributed by atoms with E-state index in [1.165, 1.54) is 10.4 Å². The number of rotatable bonds is 4. The Labute approximate surface area is 108 Å². The van der Waals surface area contributed by atoms with Crippen LogP contribution in [0.25, 0.3) is 0 Å². The Morgan fingerprint density at radius 2 is 2.11 bits per heavy atom. The van der Waals surface area contributed by atoms with Gasteiger partial charge in [-0.3, -0.25) is 0 Å². The smallest absolute Gasteiger partial charge is 0.207 e. The van der Waals surface area contributed by atoms with Crippen molar-refractivity contribution in [2.45, 2.75) is 24.7 Å². The van der Waals surface area contributed by atoms with Gasteiger partial charge < -0.3 is 0 Å². The van der Waals surface area contributed by atoms with Crippen molar-refractivity contribution in [2.75, 3.05) is 13.6 Å². The molecule has 0 atom stereocenters. The molecule has 4 nitrogen and oxygen atoms in total. The Bertz CT molecular complexity index is 598. The Hall–Kier alpha value is -1.38. The van der Waals surface area contributed by atoms with Crippen LogP contribution in [0.5, 0.6) is 0 Å². The lowest BCUT2D eigenvalue weighted by Gasteiger charge is -2.18. The molecular formula is C13H16N2O2S. The van der Waals surface area contributed by atoms with E-state index in [1.54, 1.807) is 26.1 Å². The first-order valence-corrected chi connectivity index (χ1v) is 7.36. The van der Waals surface area contributed by atoms with Gasteiger partial charge in [-0.1, -0.05) is 0 Å². The van der Waals surface area contributed by atoms with Crippen molar-refractivity contribution in [1.29, 1.82) is 5.26 Å². The summed E-state index contributed by atoms with van der Waals surface area (Å²) in [7, 11) is -1.81. The average molecular weight is 264 g/mol. The second kappa shape index (κ2) is 4.71. The highest BCUT2D eigenvalue weighted by molar-refractivity contribution is 7.89. The molecule has 1 aliphatic rings. The molecule has 0 bridgehead atoms. The van der Waals surface area contributed by atoms with Gasteiger partial charge in [0, 0.05) is 13.6 Å². The zero-order chi connectivity index (χ0) is 13.3. The molecule has 0 aliphatic heterocycles. The van der Waals surface area contributed by atoms with Crippen molar-refractivity contribution in [3.63, 3.8) is 0 Å². The van der Waals surface area contributed by atoms with Gasteiger partial charge in [0.15, 0.2) is 0 Å². The molecule has 0 N–H and O–H groups in total. The maximum atomic E-state index is 12.4. The van der Waals surface area contributed by atoms with Gasteiger partial charge in [-0.05, 0) is 49.4 Å². The topological polar surface area (TPSA) is 61.2 Å². The van der Waals surface area contributed by atoms with Crippen LogP contribution < -0.4 is 0 Å². The van der Waals surface area contributed by atoms with Gasteiger partial charge in [0.2, 0.25) is 10.0 Å². The van der Waals surface area contributed by atoms with Crippen LogP contribution >= 0.6 is 0 Å². The lowest BCUT2D eigenvalue weighted by atomic mass is 10.2. The van der Waals surface area contributed by atoms with Crippen molar-refractivity contribution in [3.8, 4) is 6.07 Å². The van der Waals surface area contributed by atoms with E-state index in [4.69, 9.17) is 5.26 Å². The van der Waals surface area contributed by atoms with Crippen molar-refractivity contribution in [1.82, 2.24) is 4.31 Å². The minimum absolute atomic E-state index is 0.296. The summed E-state index contributed by atoms with van der Waals surface area (Å²) in [5.74, 6) is 0.517. The zero-order valence-electron chi connectivity index (χ0n) is 10.5. The molecule has 0 unspecified atom stereocenters. The quantitative estimate of drug-likeness (QED) is 0.834. The molecular weight excluding hydrogens is 248 g/mol. The minimum atomic E-state index is -3.43. The van der Waals surface area contributed by atoms with Gasteiger partial charge in [0.25, 0.3) is 0 Å². The Morgan fingerprint density at radius 1 is 1.44 bits per heavy atom. The van der Waals surface area contributed by atoms with E-state index in [0.29, 0.717) is 28.5 Å². The van der Waals surface area contributed by atoms with E-state index < -0.39 is 10.0 Å². The first-order valence-electron chi connectivity index (χ1n) is 5.92. The third kappa shape index (κ3) is 2.55. The van der Waals surface area contributed by atoms with Crippen molar-refractivity contribution in [3.05, 3.63) is 29.3 Å². The molecule has 0 aromatic heterocycles. The van der Waals surface area contributed by atoms with E-state index >= 15 is 0 Å². The van der Waals surface area contributed by atoms with Crippen LogP contribution in [0, 0.1) is 24.2 Å². The normalized spacial score (nSPS) is 15.7. The van der Waals surface area contributed by atoms with Crippen molar-refractivity contribution >= 4 is 10.0 Å². The highest BCUT2D eigenvalue weighted by atomic mass is 32.2. The molecule has 1 fully saturated rings. The predicted molar refractivity (Wildman–Crippen MR) is 68.4 cm³/mol. The van der Waals surface area contributed by atoms with Crippen LogP contribution in [0.4, 0.5) is 0 Å². The fourth-order valence-corrected chi connectivity index (χ4v) is 3.39. The Morgan fingerprint density at radius 3 is 2.61 bits per heavy atom. The lowest BCUT2D eigenvalue weighted by Crippen LogP contribution is -2.29. The molecule has 1 saturated carbocycles. The SMILES string of the molecule is Cc1cc(C#N)ccc1S(=O)(=O)N(C)CC1CC1. The summed E-state index contributed by atoms with van der Waals surface area (Å²) in [6.07, 6.45) is 2.23. The number of hydrogen-bond acceptors (Lipinski definition) is 3. The maximum absolute atomic E-state index is 12.4. The molecule has 5 heteroatoms. The van der Waals surface area contributed by atoms with Crippen LogP contribution in [-0.4, -0.2) is 26.3 Å². The molecule has 96 valence electrons. The van der Waals surface area contributed by atoms with Gasteiger partial charge in [-0.2, -0.15) is 5.26 Å². The third-order valence-corrected chi connectivity index (χ3v) is 5.19. The largest absolute Gasteiger partial charge is 0.243 e. The number of sulfonamides is 1. The average Bonchev–Trinajstić information content (AvgIpc) is 3.12. The zero-order valence-corrected chi connectivity index (χ0v) is 11.4. The number of hydrogen-bond donors (Lipinski definition) is 0. The minimum Gasteiger partial charge on any atom is -0.207 e. The molecule has 18 heavy (non-hydrogen) atoms. The molecule has 1 aliphatic carbocycles. The maximum Gasteiger partial charge on any atom is 0.243 e. The fraction of sp³-hybridized carbons (Fsp3) is 0.462. The summed E-state index contributed by atoms with van der Waals surface area (Å²) < 4.78 is 26.1. The standard InChI is InChI=1S/C13H16N2O2S/c1-10-7-12(8-14)5-6-13(10)18(16,17)15(2)9-11-3-4-11/h5-7,11H,3-4,9H2,1-2H3. The van der Waals surface area contributed by atoms with Gasteiger partial charge in [-0.25, -0.2) is 12.7 Å². The van der Waals surface area contributed by atoms with Gasteiger partial charge in [0.1, 0.15) is 0 Å². The summed E-state index contributed by atoms with van der Waals surface area (Å²) in [4.78, 5) is 0.296. The molecule has 0 amide bonds. The molecule has 2 rings (SSSR count). The number of aryl methyl sites for hydroxylation is 1. The molecule has 0 heterocycles. The first kappa shape index (κ1) is 13.1. The second-order valence-corrected chi connectivity index (χ2v) is 6.83. The number of benzene rings is 1. The van der Waals surface area contributed by atoms with Crippen LogP contribution in [-0.2, 0) is 10.0 Å². The van der Waals surface area contributed by atoms with Gasteiger partial charge in [-0.15, -0.1) is 0 Å². The molecule has 0 spiro atoms. The first-order chi connectivity index (χ1) is 8.45. The van der Waals surface area contributed by atoms with Crippen LogP contribution in [0.1, 0.15) is 24.0 Å². The Balaban J connectivity index is 2.31. The van der Waals surface area contributed by atoms with E-state index in [1.807, 2.05) is 6.07 Å². The molecule has 0 saturated heterocycles. The van der Waals surface area contributed by atoms with Crippen molar-refractivity contribution < 1.29 is 8.42 Å². The van der Waals surface area contributed by atoms with Crippen molar-refractivity contribution in [2.24, 2.45) is 5.92 Å². The summed E-state index contributed by atoms with van der Waals surface area (Å²) in [6.45, 7) is 2.31. The summed E-state index contributed by atoms with van der Waals surface area (Å²) in [5.41, 5.74) is 1.10. The molecule has 1 aromatic rings. The van der Waals surface area contributed by atoms with E-state index in [9.17, 15) is 8.42 Å². The highest BCUT2D eigenvalue weighted by Crippen LogP contribution is 2.31. The monoisotopic (exact) mass is 264 g/mol. The van der Waals surface area contributed by atoms with E-state index in [2.05, 4.69) is 0 Å². The van der Waals surface area contributed by atoms with E-state index in [0.717, 1.165) is 12.8 Å². The fourth-order valence-electron chi connectivity index (χ4n) is 1.94. The third-order valence-electron chi connectivity index (χ3n) is 3.20. The van der Waals surface area contributed by atoms with Crippen LogP contribution in [0.15, 0.2) is 23.1 Å². The Kier molecular flexibility index (Phi) is 3.42. The number of nitriles is 1. The molecule has 1 aromatic carbocycles. The van der Waals surface area contributed by atoms with Gasteiger partial charge >= 0.3 is 0 Å².